The molecule has 0 amide bonds. The number of rotatable bonds is 4. The molecule has 0 spiro atoms. The van der Waals surface area contributed by atoms with Crippen LogP contribution in [0.2, 0.25) is 5.02 Å². The van der Waals surface area contributed by atoms with Crippen molar-refractivity contribution in [2.45, 2.75) is 6.54 Å². The molecule has 1 saturated heterocycles. The van der Waals surface area contributed by atoms with Crippen LogP contribution in [0.1, 0.15) is 11.1 Å². The van der Waals surface area contributed by atoms with Crippen molar-refractivity contribution in [3.05, 3.63) is 58.6 Å². The van der Waals surface area contributed by atoms with Crippen LogP contribution < -0.4 is 4.90 Å². The molecule has 1 aliphatic rings. The van der Waals surface area contributed by atoms with Crippen LogP contribution in [0.5, 0.6) is 11.5 Å². The number of piperazine rings is 1. The van der Waals surface area contributed by atoms with E-state index in [1.165, 1.54) is 22.6 Å². The Hall–Kier alpha value is -2.24. The lowest BCUT2D eigenvalue weighted by atomic mass is 10.2. The van der Waals surface area contributed by atoms with Gasteiger partial charge in [0.2, 0.25) is 0 Å². The van der Waals surface area contributed by atoms with Crippen molar-refractivity contribution in [3.8, 4) is 11.5 Å². The number of quaternary nitrogens is 1. The second-order valence-electron chi connectivity index (χ2n) is 6.00. The first kappa shape index (κ1) is 16.6. The third kappa shape index (κ3) is 4.40. The van der Waals surface area contributed by atoms with Gasteiger partial charge in [0.25, 0.3) is 0 Å². The predicted octanol–water partition coefficient (Wildman–Crippen LogP) is 1.49. The number of aromatic hydroxyl groups is 2. The summed E-state index contributed by atoms with van der Waals surface area (Å²) in [5.41, 5.74) is 2.06. The van der Waals surface area contributed by atoms with Crippen molar-refractivity contribution >= 4 is 17.8 Å². The summed E-state index contributed by atoms with van der Waals surface area (Å²) >= 11 is 5.92. The highest BCUT2D eigenvalue weighted by Gasteiger charge is 2.18. The molecular formula is C18H21ClN3O2+. The number of hydrogen-bond acceptors (Lipinski definition) is 4. The van der Waals surface area contributed by atoms with Crippen LogP contribution >= 0.6 is 11.6 Å². The van der Waals surface area contributed by atoms with E-state index in [-0.39, 0.29) is 11.5 Å². The molecule has 3 N–H and O–H groups in total. The monoisotopic (exact) mass is 346 g/mol. The van der Waals surface area contributed by atoms with Crippen LogP contribution in [0.15, 0.2) is 47.6 Å². The van der Waals surface area contributed by atoms with Crippen LogP contribution in [0.3, 0.4) is 0 Å². The Morgan fingerprint density at radius 1 is 1.04 bits per heavy atom. The SMILES string of the molecule is Oc1ccc(/C=N/N2CC[NH+](Cc3ccc(Cl)cc3)CC2)cc1O. The fourth-order valence-corrected chi connectivity index (χ4v) is 2.89. The van der Waals surface area contributed by atoms with E-state index in [0.717, 1.165) is 43.3 Å². The number of halogens is 1. The Morgan fingerprint density at radius 2 is 1.75 bits per heavy atom. The van der Waals surface area contributed by atoms with Gasteiger partial charge in [0.05, 0.1) is 32.4 Å². The maximum Gasteiger partial charge on any atom is 0.158 e. The normalized spacial score (nSPS) is 16.0. The zero-order chi connectivity index (χ0) is 16.9. The molecule has 2 aromatic rings. The van der Waals surface area contributed by atoms with E-state index in [1.54, 1.807) is 12.3 Å². The summed E-state index contributed by atoms with van der Waals surface area (Å²) in [6, 6.07) is 12.7. The Balaban J connectivity index is 1.50. The highest BCUT2D eigenvalue weighted by atomic mass is 35.5. The molecule has 0 unspecified atom stereocenters. The largest absolute Gasteiger partial charge is 0.504 e. The van der Waals surface area contributed by atoms with Crippen molar-refractivity contribution in [3.63, 3.8) is 0 Å². The molecular weight excluding hydrogens is 326 g/mol. The van der Waals surface area contributed by atoms with Crippen LogP contribution in [0.4, 0.5) is 0 Å². The highest BCUT2D eigenvalue weighted by molar-refractivity contribution is 6.30. The van der Waals surface area contributed by atoms with Crippen molar-refractivity contribution in [1.29, 1.82) is 0 Å². The molecule has 0 aliphatic carbocycles. The van der Waals surface area contributed by atoms with E-state index in [9.17, 15) is 10.2 Å². The molecule has 0 aromatic heterocycles. The minimum atomic E-state index is -0.129. The van der Waals surface area contributed by atoms with Crippen LogP contribution in [0, 0.1) is 0 Å². The number of phenols is 2. The molecule has 1 heterocycles. The standard InChI is InChI=1S/C18H20ClN3O2/c19-16-4-1-14(2-5-16)13-21-7-9-22(10-8-21)20-12-15-3-6-17(23)18(24)11-15/h1-6,11-12,23-24H,7-10,13H2/p+1/b20-12+. The van der Waals surface area contributed by atoms with Crippen molar-refractivity contribution in [2.75, 3.05) is 26.2 Å². The lowest BCUT2D eigenvalue weighted by molar-refractivity contribution is -0.918. The second-order valence-corrected chi connectivity index (χ2v) is 6.44. The topological polar surface area (TPSA) is 60.5 Å². The number of nitrogens with one attached hydrogen (secondary N) is 1. The summed E-state index contributed by atoms with van der Waals surface area (Å²) in [7, 11) is 0. The fourth-order valence-electron chi connectivity index (χ4n) is 2.76. The van der Waals surface area contributed by atoms with Gasteiger partial charge in [-0.3, -0.25) is 5.01 Å². The summed E-state index contributed by atoms with van der Waals surface area (Å²) < 4.78 is 0. The van der Waals surface area contributed by atoms with E-state index in [4.69, 9.17) is 11.6 Å². The molecule has 1 aliphatic heterocycles. The van der Waals surface area contributed by atoms with Crippen LogP contribution in [0.25, 0.3) is 0 Å². The Labute approximate surface area is 146 Å². The molecule has 0 saturated carbocycles. The Kier molecular flexibility index (Phi) is 5.23. The molecule has 3 rings (SSSR count). The third-order valence-corrected chi connectivity index (χ3v) is 4.44. The Morgan fingerprint density at radius 3 is 2.42 bits per heavy atom. The minimum absolute atomic E-state index is 0.119. The molecule has 126 valence electrons. The second kappa shape index (κ2) is 7.55. The van der Waals surface area contributed by atoms with Gasteiger partial charge < -0.3 is 15.1 Å². The number of benzene rings is 2. The van der Waals surface area contributed by atoms with Gasteiger partial charge in [-0.05, 0) is 35.9 Å². The fraction of sp³-hybridized carbons (Fsp3) is 0.278. The van der Waals surface area contributed by atoms with E-state index in [1.807, 2.05) is 17.1 Å². The smallest absolute Gasteiger partial charge is 0.158 e. The van der Waals surface area contributed by atoms with Gasteiger partial charge in [-0.15, -0.1) is 0 Å². The summed E-state index contributed by atoms with van der Waals surface area (Å²) in [6.45, 7) is 4.84. The predicted molar refractivity (Wildman–Crippen MR) is 94.8 cm³/mol. The van der Waals surface area contributed by atoms with Crippen LogP contribution in [-0.2, 0) is 6.54 Å². The zero-order valence-electron chi connectivity index (χ0n) is 13.3. The summed E-state index contributed by atoms with van der Waals surface area (Å²) in [5.74, 6) is -0.247. The quantitative estimate of drug-likeness (QED) is 0.580. The zero-order valence-corrected chi connectivity index (χ0v) is 14.1. The van der Waals surface area contributed by atoms with Gasteiger partial charge in [-0.1, -0.05) is 23.7 Å². The molecule has 24 heavy (non-hydrogen) atoms. The van der Waals surface area contributed by atoms with Crippen LogP contribution in [-0.4, -0.2) is 47.6 Å². The molecule has 1 fully saturated rings. The van der Waals surface area contributed by atoms with Gasteiger partial charge in [0.1, 0.15) is 6.54 Å². The number of hydrazone groups is 1. The van der Waals surface area contributed by atoms with E-state index in [2.05, 4.69) is 17.2 Å². The summed E-state index contributed by atoms with van der Waals surface area (Å²) in [4.78, 5) is 1.53. The average Bonchev–Trinajstić information content (AvgIpc) is 2.59. The number of hydrogen-bond donors (Lipinski definition) is 3. The average molecular weight is 347 g/mol. The molecule has 0 atom stereocenters. The molecule has 0 bridgehead atoms. The summed E-state index contributed by atoms with van der Waals surface area (Å²) in [6.07, 6.45) is 1.71. The first-order valence-electron chi connectivity index (χ1n) is 7.99. The molecule has 5 nitrogen and oxygen atoms in total. The van der Waals surface area contributed by atoms with Crippen molar-refractivity contribution < 1.29 is 15.1 Å². The minimum Gasteiger partial charge on any atom is -0.504 e. The third-order valence-electron chi connectivity index (χ3n) is 4.18. The van der Waals surface area contributed by atoms with Gasteiger partial charge in [-0.2, -0.15) is 5.10 Å². The maximum atomic E-state index is 9.49. The first-order chi connectivity index (χ1) is 11.6. The lowest BCUT2D eigenvalue weighted by Gasteiger charge is -2.30. The van der Waals surface area contributed by atoms with Gasteiger partial charge in [0, 0.05) is 10.6 Å². The molecule has 0 radical (unpaired) electrons. The first-order valence-corrected chi connectivity index (χ1v) is 8.37. The maximum absolute atomic E-state index is 9.49. The van der Waals surface area contributed by atoms with Gasteiger partial charge in [0.15, 0.2) is 11.5 Å². The van der Waals surface area contributed by atoms with E-state index in [0.29, 0.717) is 0 Å². The van der Waals surface area contributed by atoms with E-state index < -0.39 is 0 Å². The van der Waals surface area contributed by atoms with Crippen molar-refractivity contribution in [1.82, 2.24) is 5.01 Å². The Bertz CT molecular complexity index is 711. The highest BCUT2D eigenvalue weighted by Crippen LogP contribution is 2.24. The van der Waals surface area contributed by atoms with Gasteiger partial charge >= 0.3 is 0 Å². The number of nitrogens with zero attached hydrogens (tertiary/aromatic N) is 2. The van der Waals surface area contributed by atoms with E-state index >= 15 is 0 Å². The lowest BCUT2D eigenvalue weighted by Crippen LogP contribution is -3.13. The van der Waals surface area contributed by atoms with Crippen molar-refractivity contribution in [2.24, 2.45) is 5.10 Å². The molecule has 2 aromatic carbocycles. The van der Waals surface area contributed by atoms with Gasteiger partial charge in [-0.25, -0.2) is 0 Å². The summed E-state index contributed by atoms with van der Waals surface area (Å²) in [5, 5.41) is 26.1. The number of phenolic OH excluding ortho intramolecular Hbond substituents is 2. The molecule has 6 heteroatoms.